The molecule has 0 unspecified atom stereocenters. The summed E-state index contributed by atoms with van der Waals surface area (Å²) in [7, 11) is 0. The molecule has 3 heterocycles. The maximum atomic E-state index is 6.15. The Morgan fingerprint density at radius 3 is 2.89 bits per heavy atom. The number of halogens is 1. The molecule has 1 aromatic carbocycles. The molecule has 27 heavy (non-hydrogen) atoms. The molecule has 0 radical (unpaired) electrons. The average molecular weight is 396 g/mol. The summed E-state index contributed by atoms with van der Waals surface area (Å²) < 4.78 is 11.3. The number of hydrogen-bond acceptors (Lipinski definition) is 6. The molecule has 0 amide bonds. The molecule has 0 bridgehead atoms. The van der Waals surface area contributed by atoms with Crippen LogP contribution >= 0.6 is 22.9 Å². The van der Waals surface area contributed by atoms with Crippen LogP contribution in [0.3, 0.4) is 0 Å². The number of ether oxygens (including phenoxy) is 1. The zero-order valence-corrected chi connectivity index (χ0v) is 15.7. The van der Waals surface area contributed by atoms with Crippen LogP contribution < -0.4 is 4.74 Å². The molecule has 5 nitrogen and oxygen atoms in total. The lowest BCUT2D eigenvalue weighted by atomic mass is 10.1. The van der Waals surface area contributed by atoms with Crippen molar-refractivity contribution in [2.75, 3.05) is 0 Å². The van der Waals surface area contributed by atoms with Crippen molar-refractivity contribution < 1.29 is 9.26 Å². The normalized spacial score (nSPS) is 13.7. The van der Waals surface area contributed by atoms with Gasteiger partial charge in [0.1, 0.15) is 5.75 Å². The topological polar surface area (TPSA) is 61.0 Å². The second-order valence-corrected chi connectivity index (χ2v) is 7.64. The number of rotatable bonds is 5. The van der Waals surface area contributed by atoms with Crippen LogP contribution in [0.25, 0.3) is 22.2 Å². The van der Waals surface area contributed by atoms with Gasteiger partial charge in [-0.25, -0.2) is 4.98 Å². The molecule has 1 aliphatic carbocycles. The lowest BCUT2D eigenvalue weighted by Crippen LogP contribution is -1.90. The number of benzene rings is 1. The first-order valence-electron chi connectivity index (χ1n) is 8.58. The summed E-state index contributed by atoms with van der Waals surface area (Å²) in [4.78, 5) is 9.89. The standard InChI is InChI=1S/C20H14ClN3O2S/c21-15-3-1-2-4-16(15)25-17-11-13(7-9-22-17)19-23-20(26-24-19)18-14(8-10-27-18)12-5-6-12/h1-4,7-12H,5-6H2. The molecule has 7 heteroatoms. The van der Waals surface area contributed by atoms with Crippen molar-refractivity contribution in [2.24, 2.45) is 0 Å². The molecule has 5 rings (SSSR count). The second kappa shape index (κ2) is 6.79. The summed E-state index contributed by atoms with van der Waals surface area (Å²) in [5.41, 5.74) is 2.08. The smallest absolute Gasteiger partial charge is 0.268 e. The summed E-state index contributed by atoms with van der Waals surface area (Å²) in [5, 5.41) is 6.74. The van der Waals surface area contributed by atoms with Gasteiger partial charge in [-0.2, -0.15) is 4.98 Å². The molecule has 0 N–H and O–H groups in total. The van der Waals surface area contributed by atoms with Crippen LogP contribution in [0.2, 0.25) is 5.02 Å². The molecular formula is C20H14ClN3O2S. The van der Waals surface area contributed by atoms with Crippen LogP contribution in [0.5, 0.6) is 11.6 Å². The van der Waals surface area contributed by atoms with Crippen LogP contribution in [0, 0.1) is 0 Å². The predicted molar refractivity (Wildman–Crippen MR) is 104 cm³/mol. The lowest BCUT2D eigenvalue weighted by Gasteiger charge is -2.06. The maximum Gasteiger partial charge on any atom is 0.268 e. The van der Waals surface area contributed by atoms with Crippen molar-refractivity contribution in [3.8, 4) is 33.8 Å². The number of aromatic nitrogens is 3. The summed E-state index contributed by atoms with van der Waals surface area (Å²) >= 11 is 7.78. The number of nitrogens with zero attached hydrogens (tertiary/aromatic N) is 3. The largest absolute Gasteiger partial charge is 0.437 e. The van der Waals surface area contributed by atoms with Crippen LogP contribution in [0.1, 0.15) is 24.3 Å². The second-order valence-electron chi connectivity index (χ2n) is 6.32. The monoisotopic (exact) mass is 395 g/mol. The van der Waals surface area contributed by atoms with Crippen LogP contribution in [-0.4, -0.2) is 15.1 Å². The minimum atomic E-state index is 0.418. The lowest BCUT2D eigenvalue weighted by molar-refractivity contribution is 0.432. The van der Waals surface area contributed by atoms with Gasteiger partial charge in [0.2, 0.25) is 11.7 Å². The minimum absolute atomic E-state index is 0.418. The molecule has 0 atom stereocenters. The third-order valence-electron chi connectivity index (χ3n) is 4.38. The predicted octanol–water partition coefficient (Wildman–Crippen LogP) is 6.18. The number of pyridine rings is 1. The Hall–Kier alpha value is -2.70. The van der Waals surface area contributed by atoms with Gasteiger partial charge in [0, 0.05) is 17.8 Å². The third kappa shape index (κ3) is 3.34. The molecule has 1 fully saturated rings. The first-order valence-corrected chi connectivity index (χ1v) is 9.84. The molecule has 134 valence electrons. The van der Waals surface area contributed by atoms with Gasteiger partial charge in [0.15, 0.2) is 0 Å². The van der Waals surface area contributed by atoms with Gasteiger partial charge in [0.05, 0.1) is 9.90 Å². The van der Waals surface area contributed by atoms with Gasteiger partial charge in [-0.15, -0.1) is 11.3 Å². The van der Waals surface area contributed by atoms with E-state index < -0.39 is 0 Å². The van der Waals surface area contributed by atoms with E-state index in [4.69, 9.17) is 20.9 Å². The van der Waals surface area contributed by atoms with Gasteiger partial charge in [-0.1, -0.05) is 28.9 Å². The highest BCUT2D eigenvalue weighted by Crippen LogP contribution is 2.46. The fourth-order valence-corrected chi connectivity index (χ4v) is 3.97. The van der Waals surface area contributed by atoms with Crippen LogP contribution in [0.15, 0.2) is 58.6 Å². The quantitative estimate of drug-likeness (QED) is 0.403. The first kappa shape index (κ1) is 16.5. The minimum Gasteiger partial charge on any atom is -0.437 e. The van der Waals surface area contributed by atoms with Gasteiger partial charge in [-0.3, -0.25) is 0 Å². The number of hydrogen-bond donors (Lipinski definition) is 0. The van der Waals surface area contributed by atoms with Crippen molar-refractivity contribution >= 4 is 22.9 Å². The van der Waals surface area contributed by atoms with E-state index in [2.05, 4.69) is 26.6 Å². The average Bonchev–Trinajstić information content (AvgIpc) is 3.21. The van der Waals surface area contributed by atoms with Gasteiger partial charge >= 0.3 is 0 Å². The van der Waals surface area contributed by atoms with Gasteiger partial charge in [-0.05, 0) is 54.0 Å². The highest BCUT2D eigenvalue weighted by Gasteiger charge is 2.29. The van der Waals surface area contributed by atoms with Gasteiger partial charge in [0.25, 0.3) is 5.89 Å². The molecule has 0 aliphatic heterocycles. The van der Waals surface area contributed by atoms with Crippen molar-refractivity contribution in [1.82, 2.24) is 15.1 Å². The SMILES string of the molecule is Clc1ccccc1Oc1cc(-c2noc(-c3sccc3C3CC3)n2)ccn1. The Labute approximate surface area is 164 Å². The molecule has 0 saturated heterocycles. The van der Waals surface area contributed by atoms with Crippen LogP contribution in [0.4, 0.5) is 0 Å². The zero-order valence-electron chi connectivity index (χ0n) is 14.1. The Morgan fingerprint density at radius 1 is 1.15 bits per heavy atom. The molecular weight excluding hydrogens is 382 g/mol. The first-order chi connectivity index (χ1) is 13.3. The van der Waals surface area contributed by atoms with E-state index in [1.165, 1.54) is 18.4 Å². The highest BCUT2D eigenvalue weighted by atomic mass is 35.5. The van der Waals surface area contributed by atoms with Gasteiger partial charge < -0.3 is 9.26 Å². The van der Waals surface area contributed by atoms with Crippen molar-refractivity contribution in [3.63, 3.8) is 0 Å². The van der Waals surface area contributed by atoms with E-state index in [9.17, 15) is 0 Å². The van der Waals surface area contributed by atoms with E-state index in [1.54, 1.807) is 35.7 Å². The third-order valence-corrected chi connectivity index (χ3v) is 5.61. The number of thiophene rings is 1. The fourth-order valence-electron chi connectivity index (χ4n) is 2.89. The molecule has 4 aromatic rings. The molecule has 0 spiro atoms. The Balaban J connectivity index is 1.43. The Bertz CT molecular complexity index is 1100. The van der Waals surface area contributed by atoms with E-state index in [1.807, 2.05) is 18.2 Å². The van der Waals surface area contributed by atoms with Crippen LogP contribution in [-0.2, 0) is 0 Å². The Morgan fingerprint density at radius 2 is 2.04 bits per heavy atom. The highest BCUT2D eigenvalue weighted by molar-refractivity contribution is 7.13. The van der Waals surface area contributed by atoms with E-state index in [0.717, 1.165) is 10.4 Å². The summed E-state index contributed by atoms with van der Waals surface area (Å²) in [6.07, 6.45) is 4.12. The zero-order chi connectivity index (χ0) is 18.2. The van der Waals surface area contributed by atoms with E-state index >= 15 is 0 Å². The fraction of sp³-hybridized carbons (Fsp3) is 0.150. The maximum absolute atomic E-state index is 6.15. The van der Waals surface area contributed by atoms with Crippen molar-refractivity contribution in [3.05, 3.63) is 64.6 Å². The molecule has 1 saturated carbocycles. The molecule has 3 aromatic heterocycles. The summed E-state index contributed by atoms with van der Waals surface area (Å²) in [6.45, 7) is 0. The molecule has 1 aliphatic rings. The number of para-hydroxylation sites is 1. The summed E-state index contributed by atoms with van der Waals surface area (Å²) in [5.74, 6) is 2.67. The van der Waals surface area contributed by atoms with Crippen molar-refractivity contribution in [2.45, 2.75) is 18.8 Å². The summed E-state index contributed by atoms with van der Waals surface area (Å²) in [6, 6.07) is 13.0. The van der Waals surface area contributed by atoms with Crippen molar-refractivity contribution in [1.29, 1.82) is 0 Å². The van der Waals surface area contributed by atoms with E-state index in [-0.39, 0.29) is 0 Å². The van der Waals surface area contributed by atoms with E-state index in [0.29, 0.717) is 34.3 Å². The Kier molecular flexibility index (Phi) is 4.14.